The molecule has 0 aromatic heterocycles. The van der Waals surface area contributed by atoms with Gasteiger partial charge in [-0.3, -0.25) is 9.69 Å². The largest absolute Gasteiger partial charge is 0.394 e. The lowest BCUT2D eigenvalue weighted by molar-refractivity contribution is -0.118. The SMILES string of the molecule is CC.CC(=O)C[C@H]1CC[C@@]2(CO)CC(F)CN12. The summed E-state index contributed by atoms with van der Waals surface area (Å²) in [6.45, 7) is 5.97. The van der Waals surface area contributed by atoms with Crippen LogP contribution in [0, 0.1) is 0 Å². The smallest absolute Gasteiger partial charge is 0.131 e. The standard InChI is InChI=1S/C11H18FNO2.C2H6/c1-8(15)4-10-2-3-11(7-14)5-9(12)6-13(10)11;1-2/h9-10,14H,2-7H2,1H3;1-2H3/t9?,10-,11+;/m1./s1. The molecule has 2 rings (SSSR count). The van der Waals surface area contributed by atoms with E-state index < -0.39 is 6.17 Å². The third-order valence-corrected chi connectivity index (χ3v) is 3.81. The second kappa shape index (κ2) is 5.91. The molecule has 0 saturated carbocycles. The van der Waals surface area contributed by atoms with Gasteiger partial charge in [-0.25, -0.2) is 4.39 Å². The summed E-state index contributed by atoms with van der Waals surface area (Å²) < 4.78 is 13.3. The number of hydrogen-bond acceptors (Lipinski definition) is 3. The van der Waals surface area contributed by atoms with Gasteiger partial charge in [0.1, 0.15) is 12.0 Å². The van der Waals surface area contributed by atoms with E-state index in [0.717, 1.165) is 12.8 Å². The molecule has 0 aliphatic carbocycles. The van der Waals surface area contributed by atoms with Crippen molar-refractivity contribution in [3.63, 3.8) is 0 Å². The summed E-state index contributed by atoms with van der Waals surface area (Å²) in [5.74, 6) is 0.149. The van der Waals surface area contributed by atoms with Crippen molar-refractivity contribution in [3.8, 4) is 0 Å². The van der Waals surface area contributed by atoms with Crippen LogP contribution in [-0.4, -0.2) is 46.7 Å². The summed E-state index contributed by atoms with van der Waals surface area (Å²) in [7, 11) is 0. The van der Waals surface area contributed by atoms with Crippen LogP contribution in [0.4, 0.5) is 4.39 Å². The lowest BCUT2D eigenvalue weighted by Gasteiger charge is -2.32. The zero-order valence-electron chi connectivity index (χ0n) is 11.1. The van der Waals surface area contributed by atoms with Crippen molar-refractivity contribution in [2.24, 2.45) is 0 Å². The van der Waals surface area contributed by atoms with E-state index in [4.69, 9.17) is 0 Å². The van der Waals surface area contributed by atoms with Crippen LogP contribution in [0.25, 0.3) is 0 Å². The summed E-state index contributed by atoms with van der Waals surface area (Å²) in [6, 6.07) is 0.149. The van der Waals surface area contributed by atoms with Gasteiger partial charge in [0.15, 0.2) is 0 Å². The highest BCUT2D eigenvalue weighted by Gasteiger charge is 2.52. The number of hydrogen-bond donors (Lipinski definition) is 1. The Bertz CT molecular complexity index is 272. The average molecular weight is 245 g/mol. The van der Waals surface area contributed by atoms with Crippen LogP contribution in [-0.2, 0) is 4.79 Å². The van der Waals surface area contributed by atoms with Crippen LogP contribution < -0.4 is 0 Å². The van der Waals surface area contributed by atoms with Crippen molar-refractivity contribution in [3.05, 3.63) is 0 Å². The predicted molar refractivity (Wildman–Crippen MR) is 65.7 cm³/mol. The number of halogens is 1. The molecule has 17 heavy (non-hydrogen) atoms. The van der Waals surface area contributed by atoms with Gasteiger partial charge < -0.3 is 5.11 Å². The Morgan fingerprint density at radius 2 is 2.18 bits per heavy atom. The topological polar surface area (TPSA) is 40.5 Å². The fourth-order valence-corrected chi connectivity index (χ4v) is 3.15. The number of aliphatic hydroxyl groups excluding tert-OH is 1. The Morgan fingerprint density at radius 1 is 1.53 bits per heavy atom. The molecule has 2 saturated heterocycles. The maximum Gasteiger partial charge on any atom is 0.131 e. The van der Waals surface area contributed by atoms with E-state index in [1.165, 1.54) is 0 Å². The summed E-state index contributed by atoms with van der Waals surface area (Å²) in [5.41, 5.74) is -0.362. The van der Waals surface area contributed by atoms with E-state index in [1.54, 1.807) is 6.92 Å². The number of fused-ring (bicyclic) bond motifs is 1. The first kappa shape index (κ1) is 14.6. The van der Waals surface area contributed by atoms with Crippen molar-refractivity contribution in [2.45, 2.75) is 64.2 Å². The molecule has 2 fully saturated rings. The molecule has 1 unspecified atom stereocenters. The first-order valence-electron chi connectivity index (χ1n) is 6.58. The summed E-state index contributed by atoms with van der Waals surface area (Å²) in [6.07, 6.45) is 1.81. The first-order valence-corrected chi connectivity index (χ1v) is 6.58. The molecular formula is C13H24FNO2. The van der Waals surface area contributed by atoms with Crippen molar-refractivity contribution in [1.29, 1.82) is 0 Å². The summed E-state index contributed by atoms with van der Waals surface area (Å²) in [5, 5.41) is 9.40. The normalized spacial score (nSPS) is 36.3. The van der Waals surface area contributed by atoms with Crippen LogP contribution >= 0.6 is 0 Å². The fourth-order valence-electron chi connectivity index (χ4n) is 3.15. The molecule has 2 aliphatic rings. The highest BCUT2D eigenvalue weighted by Crippen LogP contribution is 2.43. The highest BCUT2D eigenvalue weighted by molar-refractivity contribution is 5.76. The minimum atomic E-state index is -0.841. The van der Waals surface area contributed by atoms with Crippen molar-refractivity contribution in [1.82, 2.24) is 4.90 Å². The van der Waals surface area contributed by atoms with E-state index >= 15 is 0 Å². The van der Waals surface area contributed by atoms with E-state index in [9.17, 15) is 14.3 Å². The van der Waals surface area contributed by atoms with Gasteiger partial charge in [0.05, 0.1) is 6.61 Å². The quantitative estimate of drug-likeness (QED) is 0.826. The van der Waals surface area contributed by atoms with Gasteiger partial charge >= 0.3 is 0 Å². The number of aliphatic hydroxyl groups is 1. The average Bonchev–Trinajstić information content (AvgIpc) is 2.78. The van der Waals surface area contributed by atoms with E-state index in [1.807, 2.05) is 18.7 Å². The molecule has 3 atom stereocenters. The number of rotatable bonds is 3. The van der Waals surface area contributed by atoms with E-state index in [2.05, 4.69) is 0 Å². The van der Waals surface area contributed by atoms with Crippen LogP contribution in [0.3, 0.4) is 0 Å². The molecule has 0 aromatic rings. The summed E-state index contributed by atoms with van der Waals surface area (Å²) in [4.78, 5) is 13.1. The van der Waals surface area contributed by atoms with Gasteiger partial charge in [-0.15, -0.1) is 0 Å². The minimum Gasteiger partial charge on any atom is -0.394 e. The second-order valence-electron chi connectivity index (χ2n) is 4.93. The molecule has 3 nitrogen and oxygen atoms in total. The number of carbonyl (C=O) groups is 1. The number of alkyl halides is 1. The Labute approximate surface area is 103 Å². The van der Waals surface area contributed by atoms with Crippen LogP contribution in [0.1, 0.15) is 46.5 Å². The molecule has 2 heterocycles. The van der Waals surface area contributed by atoms with Crippen LogP contribution in [0.2, 0.25) is 0 Å². The zero-order chi connectivity index (χ0) is 13.1. The van der Waals surface area contributed by atoms with E-state index in [0.29, 0.717) is 19.4 Å². The predicted octanol–water partition coefficient (Wildman–Crippen LogP) is 1.93. The van der Waals surface area contributed by atoms with Gasteiger partial charge in [-0.05, 0) is 19.8 Å². The van der Waals surface area contributed by atoms with Crippen LogP contribution in [0.5, 0.6) is 0 Å². The molecule has 0 bridgehead atoms. The van der Waals surface area contributed by atoms with Crippen molar-refractivity contribution >= 4 is 5.78 Å². The maximum atomic E-state index is 13.3. The molecule has 4 heteroatoms. The van der Waals surface area contributed by atoms with Gasteiger partial charge in [-0.1, -0.05) is 13.8 Å². The molecule has 0 aromatic carbocycles. The molecular weight excluding hydrogens is 221 g/mol. The second-order valence-corrected chi connectivity index (χ2v) is 4.93. The Hall–Kier alpha value is -0.480. The fraction of sp³-hybridized carbons (Fsp3) is 0.923. The molecule has 2 aliphatic heterocycles. The van der Waals surface area contributed by atoms with Gasteiger partial charge in [0.2, 0.25) is 0 Å². The van der Waals surface area contributed by atoms with Crippen molar-refractivity contribution < 1.29 is 14.3 Å². The maximum absolute atomic E-state index is 13.3. The van der Waals surface area contributed by atoms with Gasteiger partial charge in [0, 0.05) is 31.0 Å². The third kappa shape index (κ3) is 2.86. The molecule has 0 spiro atoms. The third-order valence-electron chi connectivity index (χ3n) is 3.81. The number of carbonyl (C=O) groups excluding carboxylic acids is 1. The van der Waals surface area contributed by atoms with Gasteiger partial charge in [-0.2, -0.15) is 0 Å². The molecule has 0 radical (unpaired) electrons. The lowest BCUT2D eigenvalue weighted by Crippen LogP contribution is -2.45. The van der Waals surface area contributed by atoms with Crippen molar-refractivity contribution in [2.75, 3.05) is 13.2 Å². The zero-order valence-corrected chi connectivity index (χ0v) is 11.1. The first-order chi connectivity index (χ1) is 8.07. The highest BCUT2D eigenvalue weighted by atomic mass is 19.1. The minimum absolute atomic E-state index is 0.0157. The number of ketones is 1. The number of Topliss-reactive ketones (excluding diaryl/α,β-unsaturated/α-hetero) is 1. The monoisotopic (exact) mass is 245 g/mol. The molecule has 1 N–H and O–H groups in total. The summed E-state index contributed by atoms with van der Waals surface area (Å²) >= 11 is 0. The Kier molecular flexibility index (Phi) is 5.07. The Morgan fingerprint density at radius 3 is 2.71 bits per heavy atom. The molecule has 100 valence electrons. The van der Waals surface area contributed by atoms with E-state index in [-0.39, 0.29) is 24.0 Å². The van der Waals surface area contributed by atoms with Crippen LogP contribution in [0.15, 0.2) is 0 Å². The number of nitrogens with zero attached hydrogens (tertiary/aromatic N) is 1. The lowest BCUT2D eigenvalue weighted by atomic mass is 9.95. The Balaban J connectivity index is 0.000000686. The van der Waals surface area contributed by atoms with Gasteiger partial charge in [0.25, 0.3) is 0 Å². The molecule has 0 amide bonds.